The fraction of sp³-hybridized carbons (Fsp3) is 0.105. The molecule has 110 valence electrons. The van der Waals surface area contributed by atoms with Gasteiger partial charge >= 0.3 is 0 Å². The van der Waals surface area contributed by atoms with Crippen LogP contribution in [-0.4, -0.2) is 17.1 Å². The number of benzene rings is 2. The molecule has 0 aromatic heterocycles. The maximum absolute atomic E-state index is 12.0. The lowest BCUT2D eigenvalue weighted by molar-refractivity contribution is -0.108. The lowest BCUT2D eigenvalue weighted by Crippen LogP contribution is -2.37. The molecular weight excluding hydrogens is 306 g/mol. The van der Waals surface area contributed by atoms with E-state index in [4.69, 9.17) is 0 Å². The molecule has 0 saturated heterocycles. The summed E-state index contributed by atoms with van der Waals surface area (Å²) in [7, 11) is 1.06. The Morgan fingerprint density at radius 1 is 0.864 bits per heavy atom. The first-order chi connectivity index (χ1) is 10.8. The van der Waals surface area contributed by atoms with Gasteiger partial charge in [-0.1, -0.05) is 102 Å². The van der Waals surface area contributed by atoms with E-state index in [0.717, 1.165) is 6.29 Å². The van der Waals surface area contributed by atoms with Crippen LogP contribution in [0.5, 0.6) is 0 Å². The molecule has 1 nitrogen and oxygen atoms in total. The van der Waals surface area contributed by atoms with E-state index < -0.39 is 5.16 Å². The van der Waals surface area contributed by atoms with Gasteiger partial charge in [-0.25, -0.2) is 0 Å². The zero-order valence-electron chi connectivity index (χ0n) is 12.1. The summed E-state index contributed by atoms with van der Waals surface area (Å²) >= 11 is 0. The highest BCUT2D eigenvalue weighted by molar-refractivity contribution is 7.54. The van der Waals surface area contributed by atoms with Gasteiger partial charge in [0, 0.05) is 5.66 Å². The van der Waals surface area contributed by atoms with Gasteiger partial charge in [-0.2, -0.15) is 0 Å². The third-order valence-electron chi connectivity index (χ3n) is 3.73. The standard InChI is InChI=1S/C19H18OP2/c20-15-19(22-17-11-5-2-6-12-17)14-8-7-13-18(19)21-16-9-3-1-4-10-16/h1-15,18,21-22H/t18-,19+/m0/s1. The number of carbonyl (C=O) groups excluding carboxylic acids is 1. The molecule has 0 N–H and O–H groups in total. The molecule has 0 bridgehead atoms. The average Bonchev–Trinajstić information content (AvgIpc) is 2.58. The van der Waals surface area contributed by atoms with Gasteiger partial charge < -0.3 is 4.79 Å². The maximum Gasteiger partial charge on any atom is 0.135 e. The third-order valence-corrected chi connectivity index (χ3v) is 7.31. The van der Waals surface area contributed by atoms with Crippen molar-refractivity contribution in [3.05, 3.63) is 85.0 Å². The Hall–Kier alpha value is -1.55. The van der Waals surface area contributed by atoms with Crippen LogP contribution in [0.3, 0.4) is 0 Å². The molecule has 0 saturated carbocycles. The van der Waals surface area contributed by atoms with E-state index in [2.05, 4.69) is 54.6 Å². The molecule has 3 rings (SSSR count). The molecule has 0 heterocycles. The average molecular weight is 324 g/mol. The van der Waals surface area contributed by atoms with Crippen molar-refractivity contribution in [1.29, 1.82) is 0 Å². The van der Waals surface area contributed by atoms with Crippen LogP contribution in [0.2, 0.25) is 0 Å². The zero-order valence-corrected chi connectivity index (χ0v) is 14.1. The van der Waals surface area contributed by atoms with E-state index >= 15 is 0 Å². The summed E-state index contributed by atoms with van der Waals surface area (Å²) in [5.74, 6) is 0. The second kappa shape index (κ2) is 7.14. The largest absolute Gasteiger partial charge is 0.302 e. The van der Waals surface area contributed by atoms with Gasteiger partial charge in [-0.3, -0.25) is 0 Å². The van der Waals surface area contributed by atoms with E-state index in [9.17, 15) is 4.79 Å². The SMILES string of the molecule is O=C[C@]1(Pc2ccccc2)C=CC=C[C@@H]1Pc1ccccc1. The van der Waals surface area contributed by atoms with Crippen molar-refractivity contribution in [3.63, 3.8) is 0 Å². The minimum atomic E-state index is -0.412. The summed E-state index contributed by atoms with van der Waals surface area (Å²) in [5.41, 5.74) is 0.232. The van der Waals surface area contributed by atoms with Crippen LogP contribution >= 0.6 is 17.2 Å². The zero-order chi connectivity index (χ0) is 15.3. The first-order valence-electron chi connectivity index (χ1n) is 7.30. The lowest BCUT2D eigenvalue weighted by Gasteiger charge is -2.34. The van der Waals surface area contributed by atoms with Gasteiger partial charge in [0.2, 0.25) is 0 Å². The van der Waals surface area contributed by atoms with Crippen molar-refractivity contribution >= 4 is 34.1 Å². The minimum Gasteiger partial charge on any atom is -0.302 e. The van der Waals surface area contributed by atoms with E-state index in [0.29, 0.717) is 17.2 Å². The number of aldehydes is 1. The Kier molecular flexibility index (Phi) is 4.98. The summed E-state index contributed by atoms with van der Waals surface area (Å²) in [5, 5.41) is 2.12. The predicted molar refractivity (Wildman–Crippen MR) is 99.6 cm³/mol. The molecular formula is C19H18OP2. The van der Waals surface area contributed by atoms with Crippen LogP contribution in [0.1, 0.15) is 0 Å². The quantitative estimate of drug-likeness (QED) is 0.608. The second-order valence-corrected chi connectivity index (χ2v) is 8.46. The van der Waals surface area contributed by atoms with Crippen LogP contribution in [0.25, 0.3) is 0 Å². The second-order valence-electron chi connectivity index (χ2n) is 5.27. The van der Waals surface area contributed by atoms with Gasteiger partial charge in [-0.15, -0.1) is 0 Å². The van der Waals surface area contributed by atoms with Crippen molar-refractivity contribution in [2.75, 3.05) is 0 Å². The third kappa shape index (κ3) is 3.43. The maximum atomic E-state index is 12.0. The smallest absolute Gasteiger partial charge is 0.135 e. The predicted octanol–water partition coefficient (Wildman–Crippen LogP) is 3.43. The van der Waals surface area contributed by atoms with Crippen LogP contribution in [0.15, 0.2) is 85.0 Å². The molecule has 0 aliphatic heterocycles. The number of carbonyl (C=O) groups is 1. The van der Waals surface area contributed by atoms with Gasteiger partial charge in [0.15, 0.2) is 0 Å². The Bertz CT molecular complexity index is 679. The Labute approximate surface area is 135 Å². The number of hydrogen-bond acceptors (Lipinski definition) is 1. The van der Waals surface area contributed by atoms with Gasteiger partial charge in [0.25, 0.3) is 0 Å². The molecule has 1 aliphatic carbocycles. The molecule has 22 heavy (non-hydrogen) atoms. The van der Waals surface area contributed by atoms with Crippen molar-refractivity contribution in [3.8, 4) is 0 Å². The van der Waals surface area contributed by atoms with Crippen LogP contribution in [0.4, 0.5) is 0 Å². The summed E-state index contributed by atoms with van der Waals surface area (Å²) in [6, 6.07) is 20.8. The van der Waals surface area contributed by atoms with Crippen LogP contribution in [-0.2, 0) is 4.79 Å². The van der Waals surface area contributed by atoms with E-state index in [1.54, 1.807) is 0 Å². The fourth-order valence-electron chi connectivity index (χ4n) is 2.57. The normalized spacial score (nSPS) is 24.5. The molecule has 3 heteroatoms. The van der Waals surface area contributed by atoms with Gasteiger partial charge in [0.05, 0.1) is 5.16 Å². The molecule has 2 aromatic carbocycles. The topological polar surface area (TPSA) is 17.1 Å². The number of rotatable bonds is 5. The number of allylic oxidation sites excluding steroid dienone is 4. The fourth-order valence-corrected chi connectivity index (χ4v) is 5.70. The van der Waals surface area contributed by atoms with Crippen LogP contribution in [0, 0.1) is 0 Å². The van der Waals surface area contributed by atoms with Gasteiger partial charge in [-0.05, 0) is 10.6 Å². The summed E-state index contributed by atoms with van der Waals surface area (Å²) in [6.07, 6.45) is 9.51. The molecule has 0 fully saturated rings. The van der Waals surface area contributed by atoms with Crippen molar-refractivity contribution < 1.29 is 4.79 Å². The molecule has 2 unspecified atom stereocenters. The highest BCUT2D eigenvalue weighted by Gasteiger charge is 2.36. The first-order valence-corrected chi connectivity index (χ1v) is 9.37. The Morgan fingerprint density at radius 2 is 1.50 bits per heavy atom. The minimum absolute atomic E-state index is 0.232. The molecule has 0 amide bonds. The summed E-state index contributed by atoms with van der Waals surface area (Å²) in [6.45, 7) is 0. The van der Waals surface area contributed by atoms with Crippen molar-refractivity contribution in [2.24, 2.45) is 0 Å². The lowest BCUT2D eigenvalue weighted by atomic mass is 10.0. The van der Waals surface area contributed by atoms with E-state index in [1.165, 1.54) is 10.6 Å². The Balaban J connectivity index is 1.88. The van der Waals surface area contributed by atoms with E-state index in [1.807, 2.05) is 30.3 Å². The molecule has 2 aromatic rings. The first kappa shape index (κ1) is 15.3. The highest BCUT2D eigenvalue weighted by atomic mass is 31.1. The monoisotopic (exact) mass is 324 g/mol. The van der Waals surface area contributed by atoms with Gasteiger partial charge in [0.1, 0.15) is 6.29 Å². The van der Waals surface area contributed by atoms with Crippen LogP contribution < -0.4 is 10.6 Å². The highest BCUT2D eigenvalue weighted by Crippen LogP contribution is 2.44. The van der Waals surface area contributed by atoms with Crippen molar-refractivity contribution in [1.82, 2.24) is 0 Å². The van der Waals surface area contributed by atoms with E-state index in [-0.39, 0.29) is 5.66 Å². The summed E-state index contributed by atoms with van der Waals surface area (Å²) < 4.78 is 0. The van der Waals surface area contributed by atoms with Crippen molar-refractivity contribution in [2.45, 2.75) is 10.8 Å². The molecule has 0 spiro atoms. The Morgan fingerprint density at radius 3 is 2.14 bits per heavy atom. The molecule has 0 radical (unpaired) electrons. The summed E-state index contributed by atoms with van der Waals surface area (Å²) in [4.78, 5) is 12.0. The number of hydrogen-bond donors (Lipinski definition) is 0. The molecule has 4 atom stereocenters. The molecule has 1 aliphatic rings.